The number of hydrogen-bond donors (Lipinski definition) is 2. The predicted molar refractivity (Wildman–Crippen MR) is 156 cm³/mol. The molecule has 0 spiro atoms. The summed E-state index contributed by atoms with van der Waals surface area (Å²) in [7, 11) is -2.31. The number of anilines is 2. The summed E-state index contributed by atoms with van der Waals surface area (Å²) in [5.74, 6) is -1.85. The van der Waals surface area contributed by atoms with Gasteiger partial charge in [-0.2, -0.15) is 18.2 Å². The summed E-state index contributed by atoms with van der Waals surface area (Å²) in [4.78, 5) is 25.1. The predicted octanol–water partition coefficient (Wildman–Crippen LogP) is 5.55. The van der Waals surface area contributed by atoms with Crippen molar-refractivity contribution in [2.45, 2.75) is 77.2 Å². The molecule has 0 atom stereocenters. The van der Waals surface area contributed by atoms with Gasteiger partial charge in [-0.25, -0.2) is 17.8 Å². The van der Waals surface area contributed by atoms with Crippen molar-refractivity contribution in [3.05, 3.63) is 46.6 Å². The Morgan fingerprint density at radius 2 is 1.83 bits per heavy atom. The lowest BCUT2D eigenvalue weighted by Crippen LogP contribution is -2.38. The third-order valence-corrected chi connectivity index (χ3v) is 8.91. The van der Waals surface area contributed by atoms with Crippen molar-refractivity contribution in [2.24, 2.45) is 0 Å². The quantitative estimate of drug-likeness (QED) is 0.289. The molecule has 1 saturated carbocycles. The zero-order valence-electron chi connectivity index (χ0n) is 24.0. The number of benzene rings is 1. The number of rotatable bonds is 10. The van der Waals surface area contributed by atoms with Crippen molar-refractivity contribution < 1.29 is 26.0 Å². The van der Waals surface area contributed by atoms with Crippen LogP contribution in [-0.4, -0.2) is 65.5 Å². The highest BCUT2D eigenvalue weighted by Gasteiger charge is 2.30. The normalized spacial score (nSPS) is 18.1. The van der Waals surface area contributed by atoms with Gasteiger partial charge in [0.05, 0.1) is 17.9 Å². The number of halogens is 4. The average molecular weight is 613 g/mol. The maximum Gasteiger partial charge on any atom is 0.390 e. The minimum Gasteiger partial charge on any atom is -0.351 e. The van der Waals surface area contributed by atoms with E-state index < -0.39 is 45.4 Å². The zero-order valence-corrected chi connectivity index (χ0v) is 24.8. The number of hydrogen-bond acceptors (Lipinski definition) is 7. The largest absolute Gasteiger partial charge is 0.390 e. The molecule has 1 fully saturated rings. The highest BCUT2D eigenvalue weighted by molar-refractivity contribution is 7.92. The number of nitrogens with one attached hydrogen (secondary N) is 2. The molecule has 2 aromatic heterocycles. The number of pyridine rings is 1. The van der Waals surface area contributed by atoms with Gasteiger partial charge in [0.25, 0.3) is 5.56 Å². The van der Waals surface area contributed by atoms with E-state index in [9.17, 15) is 30.8 Å². The second kappa shape index (κ2) is 12.5. The molecule has 230 valence electrons. The molecule has 42 heavy (non-hydrogen) atoms. The van der Waals surface area contributed by atoms with Crippen LogP contribution < -0.4 is 15.6 Å². The van der Waals surface area contributed by atoms with Crippen molar-refractivity contribution in [3.63, 3.8) is 0 Å². The van der Waals surface area contributed by atoms with Crippen molar-refractivity contribution in [1.29, 1.82) is 0 Å². The highest BCUT2D eigenvalue weighted by Crippen LogP contribution is 2.28. The van der Waals surface area contributed by atoms with Gasteiger partial charge in [-0.3, -0.25) is 14.1 Å². The van der Waals surface area contributed by atoms with Gasteiger partial charge in [-0.05, 0) is 76.9 Å². The molecule has 1 aliphatic rings. The van der Waals surface area contributed by atoms with E-state index in [4.69, 9.17) is 0 Å². The van der Waals surface area contributed by atoms with Gasteiger partial charge in [0.15, 0.2) is 0 Å². The Labute approximate surface area is 242 Å². The first kappa shape index (κ1) is 31.7. The summed E-state index contributed by atoms with van der Waals surface area (Å²) in [6.07, 6.45) is -0.540. The van der Waals surface area contributed by atoms with E-state index in [0.717, 1.165) is 44.4 Å². The van der Waals surface area contributed by atoms with Gasteiger partial charge < -0.3 is 10.2 Å². The van der Waals surface area contributed by atoms with Crippen LogP contribution in [0.25, 0.3) is 22.2 Å². The molecule has 0 amide bonds. The smallest absolute Gasteiger partial charge is 0.351 e. The van der Waals surface area contributed by atoms with Gasteiger partial charge >= 0.3 is 6.18 Å². The van der Waals surface area contributed by atoms with E-state index >= 15 is 0 Å². The molecule has 0 radical (unpaired) electrons. The third kappa shape index (κ3) is 7.57. The Hall–Kier alpha value is -3.26. The van der Waals surface area contributed by atoms with Gasteiger partial charge in [0.2, 0.25) is 16.0 Å². The fourth-order valence-electron chi connectivity index (χ4n) is 5.21. The van der Waals surface area contributed by atoms with Crippen LogP contribution in [0.1, 0.15) is 58.9 Å². The highest BCUT2D eigenvalue weighted by atomic mass is 32.2. The lowest BCUT2D eigenvalue weighted by molar-refractivity contribution is -0.129. The summed E-state index contributed by atoms with van der Waals surface area (Å²) >= 11 is 0. The molecular formula is C28H36F4N6O3S. The van der Waals surface area contributed by atoms with Crippen LogP contribution in [0.4, 0.5) is 29.2 Å². The maximum atomic E-state index is 14.9. The number of nitrogens with zero attached hydrogens (tertiary/aromatic N) is 4. The molecule has 14 heteroatoms. The molecule has 0 aliphatic heterocycles. The molecule has 2 heterocycles. The summed E-state index contributed by atoms with van der Waals surface area (Å²) in [5.41, 5.74) is -0.207. The van der Waals surface area contributed by atoms with Crippen LogP contribution >= 0.6 is 0 Å². The first-order chi connectivity index (χ1) is 19.7. The van der Waals surface area contributed by atoms with Crippen LogP contribution in [0.15, 0.2) is 35.3 Å². The molecule has 9 nitrogen and oxygen atoms in total. The maximum absolute atomic E-state index is 14.9. The summed E-state index contributed by atoms with van der Waals surface area (Å²) in [5, 5.41) is 3.96. The standard InChI is InChI=1S/C28H36F4N6O3S/c1-5-37(4)21-9-7-20(8-10-21)34-27-33-16-19-14-22(26(39)38(17(2)3)25(19)35-27)18-6-11-24(23(29)15-18)36-42(40,41)13-12-28(30,31)32/h6,11,14-17,20-21,36H,5,7-10,12-13H2,1-4H3,(H,33,34,35). The van der Waals surface area contributed by atoms with Crippen molar-refractivity contribution in [2.75, 3.05) is 29.4 Å². The van der Waals surface area contributed by atoms with E-state index in [1.54, 1.807) is 12.3 Å². The molecule has 3 aromatic rings. The topological polar surface area (TPSA) is 109 Å². The van der Waals surface area contributed by atoms with Gasteiger partial charge in [0, 0.05) is 35.3 Å². The van der Waals surface area contributed by atoms with E-state index in [0.29, 0.717) is 23.0 Å². The first-order valence-electron chi connectivity index (χ1n) is 13.9. The van der Waals surface area contributed by atoms with E-state index in [-0.39, 0.29) is 23.2 Å². The number of sulfonamides is 1. The molecular weight excluding hydrogens is 576 g/mol. The van der Waals surface area contributed by atoms with Crippen LogP contribution in [0, 0.1) is 5.82 Å². The molecule has 1 aromatic carbocycles. The van der Waals surface area contributed by atoms with Crippen molar-refractivity contribution in [3.8, 4) is 11.1 Å². The van der Waals surface area contributed by atoms with Crippen LogP contribution in [0.3, 0.4) is 0 Å². The molecule has 1 aliphatic carbocycles. The Balaban J connectivity index is 1.59. The zero-order chi connectivity index (χ0) is 30.8. The Bertz CT molecular complexity index is 1580. The van der Waals surface area contributed by atoms with Gasteiger partial charge in [-0.1, -0.05) is 13.0 Å². The van der Waals surface area contributed by atoms with Gasteiger partial charge in [0.1, 0.15) is 11.5 Å². The first-order valence-corrected chi connectivity index (χ1v) is 15.6. The molecule has 0 saturated heterocycles. The fraction of sp³-hybridized carbons (Fsp3) is 0.536. The number of aromatic nitrogens is 3. The van der Waals surface area contributed by atoms with Crippen molar-refractivity contribution in [1.82, 2.24) is 19.4 Å². The fourth-order valence-corrected chi connectivity index (χ4v) is 6.31. The van der Waals surface area contributed by atoms with E-state index in [2.05, 4.69) is 34.2 Å². The van der Waals surface area contributed by atoms with Crippen molar-refractivity contribution >= 4 is 32.7 Å². The minimum atomic E-state index is -4.67. The van der Waals surface area contributed by atoms with Gasteiger partial charge in [-0.15, -0.1) is 0 Å². The second-order valence-corrected chi connectivity index (χ2v) is 12.8. The van der Waals surface area contributed by atoms with Crippen LogP contribution in [0.5, 0.6) is 0 Å². The van der Waals surface area contributed by atoms with Crippen LogP contribution in [0.2, 0.25) is 0 Å². The summed E-state index contributed by atoms with van der Waals surface area (Å²) in [6.45, 7) is 6.80. The lowest BCUT2D eigenvalue weighted by atomic mass is 9.90. The molecule has 2 N–H and O–H groups in total. The molecule has 4 rings (SSSR count). The summed E-state index contributed by atoms with van der Waals surface area (Å²) in [6, 6.07) is 5.41. The molecule has 0 unspecified atom stereocenters. The average Bonchev–Trinajstić information content (AvgIpc) is 2.92. The second-order valence-electron chi connectivity index (χ2n) is 11.0. The molecule has 0 bridgehead atoms. The van der Waals surface area contributed by atoms with E-state index in [1.165, 1.54) is 10.6 Å². The number of fused-ring (bicyclic) bond motifs is 1. The lowest BCUT2D eigenvalue weighted by Gasteiger charge is -2.34. The Morgan fingerprint density at radius 1 is 1.14 bits per heavy atom. The Morgan fingerprint density at radius 3 is 2.43 bits per heavy atom. The Kier molecular flexibility index (Phi) is 9.46. The monoisotopic (exact) mass is 612 g/mol. The van der Waals surface area contributed by atoms with E-state index in [1.807, 2.05) is 18.6 Å². The summed E-state index contributed by atoms with van der Waals surface area (Å²) < 4.78 is 79.7. The number of alkyl halides is 3. The minimum absolute atomic E-state index is 0.143. The van der Waals surface area contributed by atoms with Crippen LogP contribution in [-0.2, 0) is 10.0 Å². The SMILES string of the molecule is CCN(C)C1CCC(Nc2ncc3cc(-c4ccc(NS(=O)(=O)CCC(F)(F)F)c(F)c4)c(=O)n(C(C)C)c3n2)CC1. The third-order valence-electron chi connectivity index (χ3n) is 7.64.